The van der Waals surface area contributed by atoms with Crippen molar-refractivity contribution in [1.82, 2.24) is 4.98 Å². The smallest absolute Gasteiger partial charge is 0.347 e. The van der Waals surface area contributed by atoms with Gasteiger partial charge in [0, 0.05) is 13.1 Å². The van der Waals surface area contributed by atoms with Crippen molar-refractivity contribution < 1.29 is 9.90 Å². The summed E-state index contributed by atoms with van der Waals surface area (Å²) in [5.74, 6) is -0.865. The summed E-state index contributed by atoms with van der Waals surface area (Å²) >= 11 is 1.30. The largest absolute Gasteiger partial charge is 0.477 e. The minimum absolute atomic E-state index is 0.374. The highest BCUT2D eigenvalue weighted by molar-refractivity contribution is 7.17. The van der Waals surface area contributed by atoms with Crippen molar-refractivity contribution in [3.63, 3.8) is 0 Å². The molecule has 0 bridgehead atoms. The molecule has 1 aliphatic rings. The van der Waals surface area contributed by atoms with Crippen LogP contribution in [0.1, 0.15) is 41.0 Å². The van der Waals surface area contributed by atoms with Crippen molar-refractivity contribution in [2.75, 3.05) is 18.0 Å². The van der Waals surface area contributed by atoms with Gasteiger partial charge < -0.3 is 10.0 Å². The third kappa shape index (κ3) is 2.35. The normalized spacial score (nSPS) is 17.2. The number of carbonyl (C=O) groups is 1. The number of hydrogen-bond acceptors (Lipinski definition) is 4. The van der Waals surface area contributed by atoms with Crippen molar-refractivity contribution in [3.8, 4) is 0 Å². The second kappa shape index (κ2) is 4.82. The Hall–Kier alpha value is -1.10. The van der Waals surface area contributed by atoms with Gasteiger partial charge in [0.1, 0.15) is 4.88 Å². The predicted octanol–water partition coefficient (Wildman–Crippen LogP) is 2.53. The Morgan fingerprint density at radius 3 is 2.44 bits per heavy atom. The molecule has 0 radical (unpaired) electrons. The van der Waals surface area contributed by atoms with E-state index in [1.54, 1.807) is 6.92 Å². The average molecular weight is 240 g/mol. The number of nitrogens with zero attached hydrogens (tertiary/aromatic N) is 2. The Balaban J connectivity index is 2.19. The molecule has 0 amide bonds. The molecule has 1 N–H and O–H groups in total. The van der Waals surface area contributed by atoms with E-state index in [4.69, 9.17) is 5.11 Å². The molecule has 5 heteroatoms. The third-order valence-corrected chi connectivity index (χ3v) is 4.06. The molecule has 0 atom stereocenters. The topological polar surface area (TPSA) is 53.4 Å². The van der Waals surface area contributed by atoms with Crippen LogP contribution in [-0.4, -0.2) is 29.1 Å². The van der Waals surface area contributed by atoms with Crippen LogP contribution in [0.4, 0.5) is 5.13 Å². The molecule has 16 heavy (non-hydrogen) atoms. The standard InChI is InChI=1S/C11H16N2O2S/c1-8-9(10(14)15)16-11(12-8)13-6-4-2-3-5-7-13/h2-7H2,1H3,(H,14,15). The zero-order valence-electron chi connectivity index (χ0n) is 9.40. The summed E-state index contributed by atoms with van der Waals surface area (Å²) in [4.78, 5) is 17.9. The molecule has 1 aromatic rings. The fraction of sp³-hybridized carbons (Fsp3) is 0.636. The van der Waals surface area contributed by atoms with Crippen LogP contribution < -0.4 is 4.90 Å². The van der Waals surface area contributed by atoms with Gasteiger partial charge in [-0.1, -0.05) is 24.2 Å². The number of aromatic nitrogens is 1. The zero-order chi connectivity index (χ0) is 11.5. The molecule has 4 nitrogen and oxygen atoms in total. The molecule has 88 valence electrons. The Morgan fingerprint density at radius 1 is 1.31 bits per heavy atom. The van der Waals surface area contributed by atoms with Gasteiger partial charge in [-0.15, -0.1) is 0 Å². The zero-order valence-corrected chi connectivity index (χ0v) is 10.2. The van der Waals surface area contributed by atoms with Gasteiger partial charge in [0.05, 0.1) is 5.69 Å². The van der Waals surface area contributed by atoms with Gasteiger partial charge in [0.25, 0.3) is 0 Å². The minimum Gasteiger partial charge on any atom is -0.477 e. The van der Waals surface area contributed by atoms with Crippen LogP contribution >= 0.6 is 11.3 Å². The molecule has 2 rings (SSSR count). The first-order valence-electron chi connectivity index (χ1n) is 5.64. The molecule has 1 saturated heterocycles. The van der Waals surface area contributed by atoms with Gasteiger partial charge in [-0.2, -0.15) is 0 Å². The maximum atomic E-state index is 10.9. The minimum atomic E-state index is -0.865. The van der Waals surface area contributed by atoms with Gasteiger partial charge in [-0.25, -0.2) is 9.78 Å². The molecule has 2 heterocycles. The van der Waals surface area contributed by atoms with Gasteiger partial charge >= 0.3 is 5.97 Å². The third-order valence-electron chi connectivity index (χ3n) is 2.86. The number of carboxylic acids is 1. The monoisotopic (exact) mass is 240 g/mol. The van der Waals surface area contributed by atoms with Crippen LogP contribution in [0.2, 0.25) is 0 Å². The van der Waals surface area contributed by atoms with Gasteiger partial charge in [-0.3, -0.25) is 0 Å². The van der Waals surface area contributed by atoms with Gasteiger partial charge in [0.2, 0.25) is 0 Å². The van der Waals surface area contributed by atoms with E-state index in [9.17, 15) is 4.79 Å². The molecule has 1 fully saturated rings. The van der Waals surface area contributed by atoms with E-state index in [1.165, 1.54) is 37.0 Å². The van der Waals surface area contributed by atoms with E-state index in [1.807, 2.05) is 0 Å². The first-order valence-corrected chi connectivity index (χ1v) is 6.46. The van der Waals surface area contributed by atoms with Crippen LogP contribution in [0.15, 0.2) is 0 Å². The second-order valence-electron chi connectivity index (χ2n) is 4.12. The van der Waals surface area contributed by atoms with Crippen molar-refractivity contribution in [2.24, 2.45) is 0 Å². The van der Waals surface area contributed by atoms with E-state index in [0.29, 0.717) is 10.6 Å². The van der Waals surface area contributed by atoms with Crippen LogP contribution in [0.25, 0.3) is 0 Å². The molecule has 0 spiro atoms. The predicted molar refractivity (Wildman–Crippen MR) is 64.5 cm³/mol. The van der Waals surface area contributed by atoms with E-state index >= 15 is 0 Å². The maximum Gasteiger partial charge on any atom is 0.347 e. The first kappa shape index (κ1) is 11.4. The van der Waals surface area contributed by atoms with Crippen molar-refractivity contribution in [2.45, 2.75) is 32.6 Å². The second-order valence-corrected chi connectivity index (χ2v) is 5.09. The van der Waals surface area contributed by atoms with Gasteiger partial charge in [0.15, 0.2) is 5.13 Å². The molecule has 1 aromatic heterocycles. The Kier molecular flexibility index (Phi) is 3.43. The van der Waals surface area contributed by atoms with E-state index in [-0.39, 0.29) is 0 Å². The molecule has 0 aromatic carbocycles. The summed E-state index contributed by atoms with van der Waals surface area (Å²) < 4.78 is 0. The highest BCUT2D eigenvalue weighted by Crippen LogP contribution is 2.27. The fourth-order valence-electron chi connectivity index (χ4n) is 1.98. The molecule has 0 aliphatic carbocycles. The number of aromatic carboxylic acids is 1. The van der Waals surface area contributed by atoms with E-state index < -0.39 is 5.97 Å². The van der Waals surface area contributed by atoms with Gasteiger partial charge in [-0.05, 0) is 19.8 Å². The van der Waals surface area contributed by atoms with Crippen molar-refractivity contribution >= 4 is 22.4 Å². The van der Waals surface area contributed by atoms with Crippen LogP contribution in [-0.2, 0) is 0 Å². The van der Waals surface area contributed by atoms with Crippen LogP contribution in [0.3, 0.4) is 0 Å². The molecule has 0 unspecified atom stereocenters. The van der Waals surface area contributed by atoms with Crippen molar-refractivity contribution in [1.29, 1.82) is 0 Å². The Labute approximate surface area is 98.9 Å². The highest BCUT2D eigenvalue weighted by atomic mass is 32.1. The number of rotatable bonds is 2. The van der Waals surface area contributed by atoms with Crippen molar-refractivity contribution in [3.05, 3.63) is 10.6 Å². The molecular formula is C11H16N2O2S. The number of anilines is 1. The summed E-state index contributed by atoms with van der Waals surface area (Å²) in [6, 6.07) is 0. The number of thiazole rings is 1. The average Bonchev–Trinajstić information content (AvgIpc) is 2.50. The summed E-state index contributed by atoms with van der Waals surface area (Å²) in [7, 11) is 0. The maximum absolute atomic E-state index is 10.9. The number of carboxylic acid groups (broad SMARTS) is 1. The lowest BCUT2D eigenvalue weighted by Gasteiger charge is -2.18. The van der Waals surface area contributed by atoms with Crippen LogP contribution in [0, 0.1) is 6.92 Å². The number of aryl methyl sites for hydroxylation is 1. The Morgan fingerprint density at radius 2 is 1.94 bits per heavy atom. The molecule has 0 saturated carbocycles. The SMILES string of the molecule is Cc1nc(N2CCCCCC2)sc1C(=O)O. The van der Waals surface area contributed by atoms with E-state index in [0.717, 1.165) is 18.2 Å². The lowest BCUT2D eigenvalue weighted by atomic mass is 10.2. The van der Waals surface area contributed by atoms with Crippen LogP contribution in [0.5, 0.6) is 0 Å². The first-order chi connectivity index (χ1) is 7.68. The molecule has 1 aliphatic heterocycles. The summed E-state index contributed by atoms with van der Waals surface area (Å²) in [6.45, 7) is 3.78. The summed E-state index contributed by atoms with van der Waals surface area (Å²) in [5.41, 5.74) is 0.636. The Bertz CT molecular complexity index is 381. The highest BCUT2D eigenvalue weighted by Gasteiger charge is 2.18. The van der Waals surface area contributed by atoms with E-state index in [2.05, 4.69) is 9.88 Å². The summed E-state index contributed by atoms with van der Waals surface area (Å²) in [5, 5.41) is 9.86. The molecular weight excluding hydrogens is 224 g/mol. The number of hydrogen-bond donors (Lipinski definition) is 1. The quantitative estimate of drug-likeness (QED) is 0.863. The summed E-state index contributed by atoms with van der Waals surface area (Å²) in [6.07, 6.45) is 4.90. The lowest BCUT2D eigenvalue weighted by Crippen LogP contribution is -2.23. The fourth-order valence-corrected chi connectivity index (χ4v) is 2.94. The lowest BCUT2D eigenvalue weighted by molar-refractivity contribution is 0.0701.